The fourth-order valence-corrected chi connectivity index (χ4v) is 2.33. The second kappa shape index (κ2) is 5.21. The second-order valence-corrected chi connectivity index (χ2v) is 4.12. The van der Waals surface area contributed by atoms with Gasteiger partial charge < -0.3 is 14.8 Å². The minimum atomic E-state index is 0.589. The summed E-state index contributed by atoms with van der Waals surface area (Å²) in [7, 11) is 3.48. The first-order chi connectivity index (χ1) is 7.86. The van der Waals surface area contributed by atoms with E-state index in [-0.39, 0.29) is 0 Å². The van der Waals surface area contributed by atoms with Gasteiger partial charge in [0.15, 0.2) is 0 Å². The Morgan fingerprint density at radius 3 is 3.00 bits per heavy atom. The molecule has 1 heterocycles. The van der Waals surface area contributed by atoms with Crippen LogP contribution in [-0.2, 0) is 4.74 Å². The number of ether oxygens (including phenoxy) is 2. The summed E-state index contributed by atoms with van der Waals surface area (Å²) in [6, 6.07) is 6.25. The van der Waals surface area contributed by atoms with E-state index < -0.39 is 0 Å². The van der Waals surface area contributed by atoms with Crippen LogP contribution in [0.2, 0.25) is 0 Å². The third kappa shape index (κ3) is 2.14. The van der Waals surface area contributed by atoms with Gasteiger partial charge in [-0.05, 0) is 30.4 Å². The molecule has 0 saturated carbocycles. The molecular formula is C13H19NO2. The first-order valence-corrected chi connectivity index (χ1v) is 5.76. The zero-order valence-corrected chi connectivity index (χ0v) is 9.95. The van der Waals surface area contributed by atoms with Crippen molar-refractivity contribution >= 4 is 5.69 Å². The standard InChI is InChI=1S/C13H19NO2/c1-15-9-7-10-6-8-14-13-11(10)4-3-5-12(13)16-2/h3-5,10,14H,6-9H2,1-2H3. The van der Waals surface area contributed by atoms with E-state index in [1.807, 2.05) is 6.07 Å². The van der Waals surface area contributed by atoms with Gasteiger partial charge in [0.25, 0.3) is 0 Å². The van der Waals surface area contributed by atoms with Crippen molar-refractivity contribution in [2.45, 2.75) is 18.8 Å². The van der Waals surface area contributed by atoms with Crippen LogP contribution in [0.4, 0.5) is 5.69 Å². The third-order valence-electron chi connectivity index (χ3n) is 3.18. The van der Waals surface area contributed by atoms with E-state index in [1.54, 1.807) is 14.2 Å². The lowest BCUT2D eigenvalue weighted by Crippen LogP contribution is -2.18. The van der Waals surface area contributed by atoms with Gasteiger partial charge in [-0.15, -0.1) is 0 Å². The number of benzene rings is 1. The van der Waals surface area contributed by atoms with Crippen molar-refractivity contribution in [3.05, 3.63) is 23.8 Å². The van der Waals surface area contributed by atoms with Gasteiger partial charge in [0, 0.05) is 20.3 Å². The van der Waals surface area contributed by atoms with Crippen LogP contribution < -0.4 is 10.1 Å². The van der Waals surface area contributed by atoms with Crippen molar-refractivity contribution in [1.82, 2.24) is 0 Å². The number of fused-ring (bicyclic) bond motifs is 1. The molecule has 3 nitrogen and oxygen atoms in total. The molecule has 16 heavy (non-hydrogen) atoms. The monoisotopic (exact) mass is 221 g/mol. The van der Waals surface area contributed by atoms with E-state index in [0.717, 1.165) is 31.0 Å². The van der Waals surface area contributed by atoms with E-state index in [9.17, 15) is 0 Å². The molecule has 3 heteroatoms. The van der Waals surface area contributed by atoms with E-state index >= 15 is 0 Å². The molecular weight excluding hydrogens is 202 g/mol. The maximum Gasteiger partial charge on any atom is 0.142 e. The molecule has 88 valence electrons. The second-order valence-electron chi connectivity index (χ2n) is 4.12. The fourth-order valence-electron chi connectivity index (χ4n) is 2.33. The highest BCUT2D eigenvalue weighted by atomic mass is 16.5. The third-order valence-corrected chi connectivity index (χ3v) is 3.18. The summed E-state index contributed by atoms with van der Waals surface area (Å²) in [5.74, 6) is 1.53. The van der Waals surface area contributed by atoms with E-state index in [1.165, 1.54) is 12.0 Å². The molecule has 2 rings (SSSR count). The minimum Gasteiger partial charge on any atom is -0.495 e. The van der Waals surface area contributed by atoms with Crippen LogP contribution in [-0.4, -0.2) is 27.4 Å². The zero-order valence-electron chi connectivity index (χ0n) is 9.95. The quantitative estimate of drug-likeness (QED) is 0.847. The molecule has 0 aliphatic carbocycles. The summed E-state index contributed by atoms with van der Waals surface area (Å²) < 4.78 is 10.5. The summed E-state index contributed by atoms with van der Waals surface area (Å²) in [4.78, 5) is 0. The van der Waals surface area contributed by atoms with Crippen LogP contribution in [0.5, 0.6) is 5.75 Å². The van der Waals surface area contributed by atoms with E-state index in [0.29, 0.717) is 5.92 Å². The number of rotatable bonds is 4. The molecule has 1 aromatic carbocycles. The number of para-hydroxylation sites is 1. The van der Waals surface area contributed by atoms with Gasteiger partial charge in [-0.2, -0.15) is 0 Å². The van der Waals surface area contributed by atoms with Crippen LogP contribution in [0.1, 0.15) is 24.3 Å². The minimum absolute atomic E-state index is 0.589. The zero-order chi connectivity index (χ0) is 11.4. The predicted molar refractivity (Wildman–Crippen MR) is 65.3 cm³/mol. The highest BCUT2D eigenvalue weighted by Crippen LogP contribution is 2.39. The highest BCUT2D eigenvalue weighted by molar-refractivity contribution is 5.64. The highest BCUT2D eigenvalue weighted by Gasteiger charge is 2.21. The number of hydrogen-bond acceptors (Lipinski definition) is 3. The summed E-state index contributed by atoms with van der Waals surface area (Å²) in [6.45, 7) is 1.84. The van der Waals surface area contributed by atoms with Crippen LogP contribution in [0.15, 0.2) is 18.2 Å². The SMILES string of the molecule is COCCC1CCNc2c(OC)cccc21. The maximum atomic E-state index is 5.37. The van der Waals surface area contributed by atoms with Crippen molar-refractivity contribution in [1.29, 1.82) is 0 Å². The molecule has 1 N–H and O–H groups in total. The summed E-state index contributed by atoms with van der Waals surface area (Å²) in [5.41, 5.74) is 2.53. The number of methoxy groups -OCH3 is 2. The summed E-state index contributed by atoms with van der Waals surface area (Å²) in [6.07, 6.45) is 2.25. The van der Waals surface area contributed by atoms with Crippen LogP contribution >= 0.6 is 0 Å². The van der Waals surface area contributed by atoms with Gasteiger partial charge in [-0.1, -0.05) is 12.1 Å². The molecule has 0 saturated heterocycles. The van der Waals surface area contributed by atoms with Crippen molar-refractivity contribution in [3.8, 4) is 5.75 Å². The van der Waals surface area contributed by atoms with Crippen molar-refractivity contribution in [2.75, 3.05) is 32.7 Å². The predicted octanol–water partition coefficient (Wildman–Crippen LogP) is 2.63. The Morgan fingerprint density at radius 2 is 2.25 bits per heavy atom. The smallest absolute Gasteiger partial charge is 0.142 e. The molecule has 0 aromatic heterocycles. The molecule has 1 atom stereocenters. The summed E-state index contributed by atoms with van der Waals surface area (Å²) in [5, 5.41) is 3.42. The first kappa shape index (κ1) is 11.3. The van der Waals surface area contributed by atoms with Crippen LogP contribution in [0.25, 0.3) is 0 Å². The molecule has 0 fully saturated rings. The van der Waals surface area contributed by atoms with Gasteiger partial charge in [0.05, 0.1) is 12.8 Å². The molecule has 0 radical (unpaired) electrons. The van der Waals surface area contributed by atoms with Crippen LogP contribution in [0, 0.1) is 0 Å². The Morgan fingerprint density at radius 1 is 1.38 bits per heavy atom. The lowest BCUT2D eigenvalue weighted by molar-refractivity contribution is 0.186. The molecule has 0 amide bonds. The van der Waals surface area contributed by atoms with Gasteiger partial charge >= 0.3 is 0 Å². The molecule has 1 aromatic rings. The maximum absolute atomic E-state index is 5.37. The van der Waals surface area contributed by atoms with Crippen molar-refractivity contribution in [3.63, 3.8) is 0 Å². The molecule has 0 bridgehead atoms. The van der Waals surface area contributed by atoms with Crippen LogP contribution in [0.3, 0.4) is 0 Å². The van der Waals surface area contributed by atoms with E-state index in [4.69, 9.17) is 9.47 Å². The Bertz CT molecular complexity index is 352. The average Bonchev–Trinajstić information content (AvgIpc) is 2.35. The summed E-state index contributed by atoms with van der Waals surface area (Å²) >= 11 is 0. The van der Waals surface area contributed by atoms with E-state index in [2.05, 4.69) is 17.4 Å². The number of hydrogen-bond donors (Lipinski definition) is 1. The van der Waals surface area contributed by atoms with Gasteiger partial charge in [0.2, 0.25) is 0 Å². The lowest BCUT2D eigenvalue weighted by Gasteiger charge is -2.27. The van der Waals surface area contributed by atoms with Gasteiger partial charge in [0.1, 0.15) is 5.75 Å². The number of anilines is 1. The Labute approximate surface area is 96.8 Å². The average molecular weight is 221 g/mol. The first-order valence-electron chi connectivity index (χ1n) is 5.76. The molecule has 1 aliphatic rings. The molecule has 1 unspecified atom stereocenters. The van der Waals surface area contributed by atoms with Gasteiger partial charge in [-0.25, -0.2) is 0 Å². The fraction of sp³-hybridized carbons (Fsp3) is 0.538. The van der Waals surface area contributed by atoms with Crippen molar-refractivity contribution in [2.24, 2.45) is 0 Å². The van der Waals surface area contributed by atoms with Gasteiger partial charge in [-0.3, -0.25) is 0 Å². The Kier molecular flexibility index (Phi) is 3.67. The molecule has 1 aliphatic heterocycles. The Balaban J connectivity index is 2.24. The molecule has 0 spiro atoms. The van der Waals surface area contributed by atoms with Crippen molar-refractivity contribution < 1.29 is 9.47 Å². The normalized spacial score (nSPS) is 18.8. The largest absolute Gasteiger partial charge is 0.495 e. The number of nitrogens with one attached hydrogen (secondary N) is 1. The topological polar surface area (TPSA) is 30.5 Å². The Hall–Kier alpha value is -1.22. The lowest BCUT2D eigenvalue weighted by atomic mass is 9.88.